The van der Waals surface area contributed by atoms with E-state index in [4.69, 9.17) is 4.74 Å². The highest BCUT2D eigenvalue weighted by molar-refractivity contribution is 9.10. The van der Waals surface area contributed by atoms with Gasteiger partial charge in [-0.3, -0.25) is 0 Å². The van der Waals surface area contributed by atoms with Gasteiger partial charge < -0.3 is 14.5 Å². The number of hydrogen-bond donors (Lipinski definition) is 0. The largest absolute Gasteiger partial charge is 0.444 e. The molecule has 1 aliphatic rings. The third-order valence-electron chi connectivity index (χ3n) is 5.38. The monoisotopic (exact) mass is 485 g/mol. The third-order valence-corrected chi connectivity index (χ3v) is 5.94. The number of fused-ring (bicyclic) bond motifs is 1. The number of rotatable bonds is 2. The summed E-state index contributed by atoms with van der Waals surface area (Å²) >= 11 is 3.46. The molecule has 3 heterocycles. The van der Waals surface area contributed by atoms with Crippen LogP contribution in [0, 0.1) is 0 Å². The van der Waals surface area contributed by atoms with Gasteiger partial charge in [0, 0.05) is 48.8 Å². The van der Waals surface area contributed by atoms with E-state index >= 15 is 0 Å². The Hall–Kier alpha value is -2.61. The van der Waals surface area contributed by atoms with Crippen molar-refractivity contribution in [1.29, 1.82) is 0 Å². The lowest BCUT2D eigenvalue weighted by molar-refractivity contribution is 0.0193. The SMILES string of the molecule is CC1CN(C(=O)OC(C)(C)C)C[C@H](C)N1c1ccc(-c2cnc3c(Br)cnn3c2)cc1. The molecule has 0 N–H and O–H groups in total. The van der Waals surface area contributed by atoms with E-state index in [1.54, 1.807) is 10.7 Å². The summed E-state index contributed by atoms with van der Waals surface area (Å²) < 4.78 is 8.21. The number of hydrogen-bond acceptors (Lipinski definition) is 5. The van der Waals surface area contributed by atoms with Gasteiger partial charge in [-0.2, -0.15) is 5.10 Å². The van der Waals surface area contributed by atoms with Crippen molar-refractivity contribution < 1.29 is 9.53 Å². The van der Waals surface area contributed by atoms with Crippen molar-refractivity contribution in [2.24, 2.45) is 0 Å². The highest BCUT2D eigenvalue weighted by Crippen LogP contribution is 2.29. The van der Waals surface area contributed by atoms with Crippen LogP contribution in [-0.2, 0) is 4.74 Å². The summed E-state index contributed by atoms with van der Waals surface area (Å²) in [4.78, 5) is 21.2. The Morgan fingerprint density at radius 2 is 1.71 bits per heavy atom. The molecule has 31 heavy (non-hydrogen) atoms. The van der Waals surface area contributed by atoms with E-state index in [0.29, 0.717) is 13.1 Å². The first-order valence-corrected chi connectivity index (χ1v) is 11.3. The van der Waals surface area contributed by atoms with Crippen LogP contribution < -0.4 is 4.90 Å². The smallest absolute Gasteiger partial charge is 0.410 e. The minimum Gasteiger partial charge on any atom is -0.444 e. The van der Waals surface area contributed by atoms with Crippen molar-refractivity contribution in [3.8, 4) is 11.1 Å². The summed E-state index contributed by atoms with van der Waals surface area (Å²) in [5, 5.41) is 4.32. The molecule has 0 spiro atoms. The maximum absolute atomic E-state index is 12.5. The van der Waals surface area contributed by atoms with Gasteiger partial charge in [0.2, 0.25) is 0 Å². The molecule has 0 radical (unpaired) electrons. The first-order chi connectivity index (χ1) is 14.6. The van der Waals surface area contributed by atoms with Gasteiger partial charge in [0.15, 0.2) is 5.65 Å². The number of carbonyl (C=O) groups is 1. The van der Waals surface area contributed by atoms with E-state index in [1.165, 1.54) is 0 Å². The third kappa shape index (κ3) is 4.54. The molecule has 1 fully saturated rings. The van der Waals surface area contributed by atoms with Gasteiger partial charge >= 0.3 is 6.09 Å². The second kappa shape index (κ2) is 8.15. The predicted molar refractivity (Wildman–Crippen MR) is 125 cm³/mol. The summed E-state index contributed by atoms with van der Waals surface area (Å²) in [5.74, 6) is 0. The number of piperazine rings is 1. The van der Waals surface area contributed by atoms with Crippen molar-refractivity contribution in [2.45, 2.75) is 52.3 Å². The zero-order valence-electron chi connectivity index (χ0n) is 18.5. The summed E-state index contributed by atoms with van der Waals surface area (Å²) in [7, 11) is 0. The molecule has 8 heteroatoms. The van der Waals surface area contributed by atoms with E-state index in [1.807, 2.05) is 38.1 Å². The maximum Gasteiger partial charge on any atom is 0.410 e. The van der Waals surface area contributed by atoms with Crippen LogP contribution in [0.4, 0.5) is 10.5 Å². The molecule has 2 atom stereocenters. The standard InChI is InChI=1S/C23H28BrN5O2/c1-15-12-27(22(30)31-23(3,4)5)13-16(2)29(15)19-8-6-17(7-9-19)18-10-25-21-20(24)11-26-28(21)14-18/h6-11,14-16H,12-13H2,1-5H3/t15-,16?/m0/s1. The Labute approximate surface area is 191 Å². The molecule has 0 saturated carbocycles. The van der Waals surface area contributed by atoms with Crippen LogP contribution in [0.15, 0.2) is 47.3 Å². The second-order valence-electron chi connectivity index (χ2n) is 9.14. The van der Waals surface area contributed by atoms with Crippen molar-refractivity contribution in [1.82, 2.24) is 19.5 Å². The molecule has 0 bridgehead atoms. The predicted octanol–water partition coefficient (Wildman–Crippen LogP) is 4.99. The lowest BCUT2D eigenvalue weighted by Crippen LogP contribution is -2.58. The van der Waals surface area contributed by atoms with Gasteiger partial charge in [0.1, 0.15) is 5.60 Å². The lowest BCUT2D eigenvalue weighted by Gasteiger charge is -2.45. The van der Waals surface area contributed by atoms with Crippen LogP contribution in [0.5, 0.6) is 0 Å². The average Bonchev–Trinajstić information content (AvgIpc) is 3.07. The van der Waals surface area contributed by atoms with Crippen molar-refractivity contribution >= 4 is 33.4 Å². The van der Waals surface area contributed by atoms with Gasteiger partial charge in [-0.25, -0.2) is 14.3 Å². The van der Waals surface area contributed by atoms with Gasteiger partial charge in [-0.15, -0.1) is 0 Å². The Morgan fingerprint density at radius 1 is 1.06 bits per heavy atom. The maximum atomic E-state index is 12.5. The molecule has 1 saturated heterocycles. The number of benzene rings is 1. The molecule has 2 aromatic heterocycles. The Bertz CT molecular complexity index is 1080. The number of halogens is 1. The lowest BCUT2D eigenvalue weighted by atomic mass is 10.0. The highest BCUT2D eigenvalue weighted by Gasteiger charge is 2.34. The number of aromatic nitrogens is 3. The van der Waals surface area contributed by atoms with Crippen molar-refractivity contribution in [2.75, 3.05) is 18.0 Å². The molecule has 3 aromatic rings. The van der Waals surface area contributed by atoms with Crippen LogP contribution in [-0.4, -0.2) is 56.4 Å². The molecule has 1 aliphatic heterocycles. The topological polar surface area (TPSA) is 63.0 Å². The zero-order valence-corrected chi connectivity index (χ0v) is 20.1. The molecule has 4 rings (SSSR count). The van der Waals surface area contributed by atoms with Crippen molar-refractivity contribution in [3.63, 3.8) is 0 Å². The molecule has 7 nitrogen and oxygen atoms in total. The van der Waals surface area contributed by atoms with E-state index in [2.05, 4.69) is 69.0 Å². The quantitative estimate of drug-likeness (QED) is 0.511. The van der Waals surface area contributed by atoms with Crippen LogP contribution in [0.25, 0.3) is 16.8 Å². The molecule has 1 amide bonds. The zero-order chi connectivity index (χ0) is 22.3. The first kappa shape index (κ1) is 21.6. The number of amides is 1. The second-order valence-corrected chi connectivity index (χ2v) is 10.00. The van der Waals surface area contributed by atoms with Gasteiger partial charge in [-0.1, -0.05) is 12.1 Å². The van der Waals surface area contributed by atoms with Crippen LogP contribution in [0.1, 0.15) is 34.6 Å². The number of ether oxygens (including phenoxy) is 1. The summed E-state index contributed by atoms with van der Waals surface area (Å²) in [5.41, 5.74) is 3.54. The van der Waals surface area contributed by atoms with Crippen LogP contribution in [0.2, 0.25) is 0 Å². The molecular formula is C23H28BrN5O2. The first-order valence-electron chi connectivity index (χ1n) is 10.5. The van der Waals surface area contributed by atoms with Crippen molar-refractivity contribution in [3.05, 3.63) is 47.3 Å². The number of nitrogens with zero attached hydrogens (tertiary/aromatic N) is 5. The number of anilines is 1. The van der Waals surface area contributed by atoms with E-state index in [-0.39, 0.29) is 18.2 Å². The summed E-state index contributed by atoms with van der Waals surface area (Å²) in [6, 6.07) is 8.85. The molecule has 0 aliphatic carbocycles. The van der Waals surface area contributed by atoms with Crippen LogP contribution in [0.3, 0.4) is 0 Å². The molecular weight excluding hydrogens is 458 g/mol. The van der Waals surface area contributed by atoms with E-state index in [9.17, 15) is 4.79 Å². The molecule has 1 unspecified atom stereocenters. The highest BCUT2D eigenvalue weighted by atomic mass is 79.9. The Morgan fingerprint density at radius 3 is 2.32 bits per heavy atom. The fourth-order valence-corrected chi connectivity index (χ4v) is 4.50. The average molecular weight is 486 g/mol. The summed E-state index contributed by atoms with van der Waals surface area (Å²) in [6.45, 7) is 11.3. The fourth-order valence-electron chi connectivity index (χ4n) is 4.13. The van der Waals surface area contributed by atoms with Crippen LogP contribution >= 0.6 is 15.9 Å². The minimum atomic E-state index is -0.485. The normalized spacial score (nSPS) is 19.7. The fraction of sp³-hybridized carbons (Fsp3) is 0.435. The molecule has 1 aromatic carbocycles. The Kier molecular flexibility index (Phi) is 5.68. The van der Waals surface area contributed by atoms with E-state index < -0.39 is 5.60 Å². The Balaban J connectivity index is 1.50. The van der Waals surface area contributed by atoms with Gasteiger partial charge in [0.05, 0.1) is 10.7 Å². The summed E-state index contributed by atoms with van der Waals surface area (Å²) in [6.07, 6.45) is 5.35. The van der Waals surface area contributed by atoms with Gasteiger partial charge in [0.25, 0.3) is 0 Å². The molecule has 164 valence electrons. The van der Waals surface area contributed by atoms with Gasteiger partial charge in [-0.05, 0) is 68.2 Å². The number of carbonyl (C=O) groups excluding carboxylic acids is 1. The van der Waals surface area contributed by atoms with E-state index in [0.717, 1.165) is 26.9 Å². The minimum absolute atomic E-state index is 0.182.